The number of benzene rings is 1. The van der Waals surface area contributed by atoms with Crippen LogP contribution in [-0.4, -0.2) is 16.7 Å². The van der Waals surface area contributed by atoms with Crippen LogP contribution in [0.25, 0.3) is 11.0 Å². The average molecular weight is 307 g/mol. The van der Waals surface area contributed by atoms with E-state index in [4.69, 9.17) is 16.3 Å². The SMILES string of the molecule is COc1ccc2c(c1)nc(CCl)n2CCc1cccs1. The maximum atomic E-state index is 6.03. The molecule has 0 saturated heterocycles. The lowest BCUT2D eigenvalue weighted by atomic mass is 10.3. The van der Waals surface area contributed by atoms with Gasteiger partial charge in [-0.05, 0) is 30.0 Å². The highest BCUT2D eigenvalue weighted by atomic mass is 35.5. The summed E-state index contributed by atoms with van der Waals surface area (Å²) in [5, 5.41) is 2.11. The fraction of sp³-hybridized carbons (Fsp3) is 0.267. The second kappa shape index (κ2) is 5.85. The van der Waals surface area contributed by atoms with Gasteiger partial charge in [-0.2, -0.15) is 0 Å². The van der Waals surface area contributed by atoms with E-state index in [1.54, 1.807) is 18.4 Å². The number of ether oxygens (including phenoxy) is 1. The Kier molecular flexibility index (Phi) is 3.94. The number of thiophene rings is 1. The molecular weight excluding hydrogens is 292 g/mol. The zero-order chi connectivity index (χ0) is 13.9. The number of rotatable bonds is 5. The summed E-state index contributed by atoms with van der Waals surface area (Å²) in [6.07, 6.45) is 0.999. The third kappa shape index (κ3) is 2.53. The Morgan fingerprint density at radius 3 is 2.95 bits per heavy atom. The lowest BCUT2D eigenvalue weighted by molar-refractivity contribution is 0.415. The molecule has 0 aliphatic carbocycles. The molecule has 5 heteroatoms. The maximum Gasteiger partial charge on any atom is 0.124 e. The van der Waals surface area contributed by atoms with Crippen LogP contribution in [0.2, 0.25) is 0 Å². The van der Waals surface area contributed by atoms with E-state index in [1.807, 2.05) is 18.2 Å². The van der Waals surface area contributed by atoms with Crippen molar-refractivity contribution in [2.45, 2.75) is 18.8 Å². The first-order valence-electron chi connectivity index (χ1n) is 6.43. The molecule has 104 valence electrons. The lowest BCUT2D eigenvalue weighted by Crippen LogP contribution is -2.04. The minimum absolute atomic E-state index is 0.418. The zero-order valence-electron chi connectivity index (χ0n) is 11.2. The molecule has 0 fully saturated rings. The molecule has 0 bridgehead atoms. The Morgan fingerprint density at radius 2 is 2.25 bits per heavy atom. The van der Waals surface area contributed by atoms with Crippen LogP contribution < -0.4 is 4.74 Å². The highest BCUT2D eigenvalue weighted by Gasteiger charge is 2.11. The van der Waals surface area contributed by atoms with Gasteiger partial charge in [-0.25, -0.2) is 4.98 Å². The van der Waals surface area contributed by atoms with Gasteiger partial charge in [0, 0.05) is 17.5 Å². The number of halogens is 1. The summed E-state index contributed by atoms with van der Waals surface area (Å²) < 4.78 is 7.44. The molecule has 3 aromatic rings. The Balaban J connectivity index is 1.95. The van der Waals surface area contributed by atoms with E-state index in [-0.39, 0.29) is 0 Å². The van der Waals surface area contributed by atoms with Crippen molar-refractivity contribution in [3.63, 3.8) is 0 Å². The summed E-state index contributed by atoms with van der Waals surface area (Å²) >= 11 is 7.81. The van der Waals surface area contributed by atoms with Gasteiger partial charge in [0.1, 0.15) is 11.6 Å². The van der Waals surface area contributed by atoms with Gasteiger partial charge in [0.15, 0.2) is 0 Å². The second-order valence-electron chi connectivity index (χ2n) is 4.50. The van der Waals surface area contributed by atoms with Gasteiger partial charge in [0.05, 0.1) is 24.0 Å². The van der Waals surface area contributed by atoms with E-state index in [2.05, 4.69) is 27.1 Å². The van der Waals surface area contributed by atoms with Crippen molar-refractivity contribution in [1.82, 2.24) is 9.55 Å². The predicted octanol–water partition coefficient (Wildman–Crippen LogP) is 4.09. The first-order chi connectivity index (χ1) is 9.81. The normalized spacial score (nSPS) is 11.1. The van der Waals surface area contributed by atoms with E-state index < -0.39 is 0 Å². The summed E-state index contributed by atoms with van der Waals surface area (Å²) in [6.45, 7) is 0.894. The molecule has 0 aliphatic heterocycles. The van der Waals surface area contributed by atoms with Crippen LogP contribution in [0, 0.1) is 0 Å². The van der Waals surface area contributed by atoms with Crippen LogP contribution in [0.5, 0.6) is 5.75 Å². The monoisotopic (exact) mass is 306 g/mol. The molecule has 2 aromatic heterocycles. The quantitative estimate of drug-likeness (QED) is 0.664. The standard InChI is InChI=1S/C15H15ClN2OS/c1-19-11-4-5-14-13(9-11)17-15(10-16)18(14)7-6-12-3-2-8-20-12/h2-5,8-9H,6-7,10H2,1H3. The molecule has 0 spiro atoms. The number of aromatic nitrogens is 2. The van der Waals surface area contributed by atoms with Crippen molar-refractivity contribution in [3.05, 3.63) is 46.4 Å². The number of nitrogens with zero attached hydrogens (tertiary/aromatic N) is 2. The molecule has 0 amide bonds. The number of alkyl halides is 1. The van der Waals surface area contributed by atoms with Crippen LogP contribution in [-0.2, 0) is 18.8 Å². The smallest absolute Gasteiger partial charge is 0.124 e. The Morgan fingerprint density at radius 1 is 1.35 bits per heavy atom. The van der Waals surface area contributed by atoms with Gasteiger partial charge in [-0.3, -0.25) is 0 Å². The highest BCUT2D eigenvalue weighted by molar-refractivity contribution is 7.09. The Labute approximate surface area is 126 Å². The second-order valence-corrected chi connectivity index (χ2v) is 5.80. The molecule has 0 radical (unpaired) electrons. The molecular formula is C15H15ClN2OS. The summed E-state index contributed by atoms with van der Waals surface area (Å²) in [7, 11) is 1.66. The maximum absolute atomic E-state index is 6.03. The van der Waals surface area contributed by atoms with E-state index in [0.717, 1.165) is 35.6 Å². The number of hydrogen-bond acceptors (Lipinski definition) is 3. The van der Waals surface area contributed by atoms with Crippen LogP contribution >= 0.6 is 22.9 Å². The number of fused-ring (bicyclic) bond motifs is 1. The van der Waals surface area contributed by atoms with Crippen molar-refractivity contribution in [2.24, 2.45) is 0 Å². The lowest BCUT2D eigenvalue weighted by Gasteiger charge is -2.07. The Bertz CT molecular complexity index is 706. The van der Waals surface area contributed by atoms with Crippen LogP contribution in [0.1, 0.15) is 10.7 Å². The third-order valence-electron chi connectivity index (χ3n) is 3.32. The fourth-order valence-electron chi connectivity index (χ4n) is 2.31. The topological polar surface area (TPSA) is 27.1 Å². The number of aryl methyl sites for hydroxylation is 2. The molecule has 3 nitrogen and oxygen atoms in total. The van der Waals surface area contributed by atoms with Gasteiger partial charge >= 0.3 is 0 Å². The molecule has 0 N–H and O–H groups in total. The summed E-state index contributed by atoms with van der Waals surface area (Å²) in [4.78, 5) is 5.97. The zero-order valence-corrected chi connectivity index (χ0v) is 12.7. The first kappa shape index (κ1) is 13.5. The van der Waals surface area contributed by atoms with E-state index in [1.165, 1.54) is 4.88 Å². The molecule has 0 atom stereocenters. The van der Waals surface area contributed by atoms with Crippen LogP contribution in [0.4, 0.5) is 0 Å². The van der Waals surface area contributed by atoms with Crippen LogP contribution in [0.3, 0.4) is 0 Å². The Hall–Kier alpha value is -1.52. The molecule has 0 unspecified atom stereocenters. The van der Waals surface area contributed by atoms with Gasteiger partial charge in [0.25, 0.3) is 0 Å². The number of hydrogen-bond donors (Lipinski definition) is 0. The summed E-state index contributed by atoms with van der Waals surface area (Å²) in [5.41, 5.74) is 2.05. The van der Waals surface area contributed by atoms with Gasteiger partial charge in [-0.1, -0.05) is 6.07 Å². The first-order valence-corrected chi connectivity index (χ1v) is 7.84. The van der Waals surface area contributed by atoms with Crippen molar-refractivity contribution in [3.8, 4) is 5.75 Å². The molecule has 0 aliphatic rings. The molecule has 1 aromatic carbocycles. The van der Waals surface area contributed by atoms with E-state index in [9.17, 15) is 0 Å². The molecule has 2 heterocycles. The predicted molar refractivity (Wildman–Crippen MR) is 83.9 cm³/mol. The van der Waals surface area contributed by atoms with Gasteiger partial charge < -0.3 is 9.30 Å². The minimum Gasteiger partial charge on any atom is -0.497 e. The molecule has 3 rings (SSSR count). The third-order valence-corrected chi connectivity index (χ3v) is 4.49. The van der Waals surface area contributed by atoms with Crippen LogP contribution in [0.15, 0.2) is 35.7 Å². The van der Waals surface area contributed by atoms with Crippen molar-refractivity contribution in [1.29, 1.82) is 0 Å². The van der Waals surface area contributed by atoms with Crippen molar-refractivity contribution >= 4 is 34.0 Å². The minimum atomic E-state index is 0.418. The van der Waals surface area contributed by atoms with Gasteiger partial charge in [0.2, 0.25) is 0 Å². The molecule has 20 heavy (non-hydrogen) atoms. The molecule has 0 saturated carbocycles. The largest absolute Gasteiger partial charge is 0.497 e. The van der Waals surface area contributed by atoms with Crippen molar-refractivity contribution in [2.75, 3.05) is 7.11 Å². The van der Waals surface area contributed by atoms with E-state index >= 15 is 0 Å². The van der Waals surface area contributed by atoms with Crippen molar-refractivity contribution < 1.29 is 4.74 Å². The average Bonchev–Trinajstić information content (AvgIpc) is 3.11. The summed E-state index contributed by atoms with van der Waals surface area (Å²) in [5.74, 6) is 2.15. The highest BCUT2D eigenvalue weighted by Crippen LogP contribution is 2.23. The van der Waals surface area contributed by atoms with E-state index in [0.29, 0.717) is 5.88 Å². The fourth-order valence-corrected chi connectivity index (χ4v) is 3.22. The number of methoxy groups -OCH3 is 1. The number of imidazole rings is 1. The van der Waals surface area contributed by atoms with Gasteiger partial charge in [-0.15, -0.1) is 22.9 Å². The summed E-state index contributed by atoms with van der Waals surface area (Å²) in [6, 6.07) is 10.2.